The molecule has 1 N–H and O–H groups in total. The van der Waals surface area contributed by atoms with Crippen molar-refractivity contribution in [1.29, 1.82) is 0 Å². The van der Waals surface area contributed by atoms with Crippen molar-refractivity contribution in [2.75, 3.05) is 13.1 Å². The van der Waals surface area contributed by atoms with E-state index in [4.69, 9.17) is 0 Å². The van der Waals surface area contributed by atoms with Gasteiger partial charge in [-0.3, -0.25) is 9.48 Å². The van der Waals surface area contributed by atoms with E-state index in [-0.39, 0.29) is 5.56 Å². The highest BCUT2D eigenvalue weighted by atomic mass is 16.1. The van der Waals surface area contributed by atoms with E-state index in [2.05, 4.69) is 13.8 Å². The Bertz CT molecular complexity index is 699. The Balaban J connectivity index is 1.94. The van der Waals surface area contributed by atoms with Crippen molar-refractivity contribution in [2.24, 2.45) is 13.0 Å². The molecule has 1 saturated heterocycles. The lowest BCUT2D eigenvalue weighted by Gasteiger charge is -2.27. The average Bonchev–Trinajstić information content (AvgIpc) is 2.72. The summed E-state index contributed by atoms with van der Waals surface area (Å²) >= 11 is 0. The molecule has 0 aliphatic carbocycles. The molecule has 2 atom stereocenters. The standard InChI is InChI=1S/C18H25N3O/c1-14-8-7-11-20(12-14)13-17-15(2)19(3)21(18(17)22)16-9-5-4-6-10-16/h4-6,9-10,14H,7-8,11-13H2,1-3H3/p+1/t14-/m0/s1. The van der Waals surface area contributed by atoms with E-state index in [1.807, 2.05) is 42.1 Å². The first-order valence-electron chi connectivity index (χ1n) is 8.24. The minimum atomic E-state index is 0.136. The molecular weight excluding hydrogens is 274 g/mol. The normalized spacial score (nSPS) is 22.0. The summed E-state index contributed by atoms with van der Waals surface area (Å²) < 4.78 is 3.78. The number of benzene rings is 1. The predicted octanol–water partition coefficient (Wildman–Crippen LogP) is 1.30. The Morgan fingerprint density at radius 2 is 2.00 bits per heavy atom. The van der Waals surface area contributed by atoms with Crippen LogP contribution in [0.25, 0.3) is 5.69 Å². The summed E-state index contributed by atoms with van der Waals surface area (Å²) in [7, 11) is 1.97. The highest BCUT2D eigenvalue weighted by molar-refractivity contribution is 5.33. The molecule has 4 heteroatoms. The number of hydrogen-bond acceptors (Lipinski definition) is 1. The monoisotopic (exact) mass is 300 g/mol. The van der Waals surface area contributed by atoms with E-state index >= 15 is 0 Å². The van der Waals surface area contributed by atoms with Crippen LogP contribution in [0.5, 0.6) is 0 Å². The summed E-state index contributed by atoms with van der Waals surface area (Å²) in [5.41, 5.74) is 3.12. The highest BCUT2D eigenvalue weighted by Crippen LogP contribution is 2.10. The number of rotatable bonds is 3. The molecule has 1 unspecified atom stereocenters. The minimum absolute atomic E-state index is 0.136. The third-order valence-electron chi connectivity index (χ3n) is 4.96. The topological polar surface area (TPSA) is 31.4 Å². The van der Waals surface area contributed by atoms with Crippen LogP contribution < -0.4 is 10.5 Å². The summed E-state index contributed by atoms with van der Waals surface area (Å²) in [5.74, 6) is 0.768. The van der Waals surface area contributed by atoms with Crippen molar-refractivity contribution in [2.45, 2.75) is 33.2 Å². The SMILES string of the molecule is Cc1c(C[NH+]2CCC[C@H](C)C2)c(=O)n(-c2ccccc2)n1C. The molecule has 1 fully saturated rings. The van der Waals surface area contributed by atoms with Crippen molar-refractivity contribution >= 4 is 0 Å². The van der Waals surface area contributed by atoms with Gasteiger partial charge in [0.05, 0.1) is 24.3 Å². The molecule has 3 rings (SSSR count). The number of nitrogens with one attached hydrogen (secondary N) is 1. The van der Waals surface area contributed by atoms with Crippen LogP contribution in [0.2, 0.25) is 0 Å². The smallest absolute Gasteiger partial charge is 0.280 e. The van der Waals surface area contributed by atoms with Crippen LogP contribution in [0.3, 0.4) is 0 Å². The fourth-order valence-electron chi connectivity index (χ4n) is 3.64. The summed E-state index contributed by atoms with van der Waals surface area (Å²) in [5, 5.41) is 0. The summed E-state index contributed by atoms with van der Waals surface area (Å²) in [6, 6.07) is 9.90. The van der Waals surface area contributed by atoms with Crippen molar-refractivity contribution in [3.63, 3.8) is 0 Å². The van der Waals surface area contributed by atoms with Crippen molar-refractivity contribution < 1.29 is 4.90 Å². The van der Waals surface area contributed by atoms with E-state index in [1.54, 1.807) is 9.58 Å². The largest absolute Gasteiger partial charge is 0.331 e. The van der Waals surface area contributed by atoms with Gasteiger partial charge >= 0.3 is 0 Å². The number of hydrogen-bond donors (Lipinski definition) is 1. The second-order valence-electron chi connectivity index (χ2n) is 6.67. The second-order valence-corrected chi connectivity index (χ2v) is 6.67. The van der Waals surface area contributed by atoms with Crippen LogP contribution >= 0.6 is 0 Å². The number of aromatic nitrogens is 2. The maximum Gasteiger partial charge on any atom is 0.280 e. The molecule has 2 aromatic rings. The van der Waals surface area contributed by atoms with Gasteiger partial charge in [-0.2, -0.15) is 0 Å². The van der Waals surface area contributed by atoms with Gasteiger partial charge in [0.2, 0.25) is 0 Å². The fraction of sp³-hybridized carbons (Fsp3) is 0.500. The second kappa shape index (κ2) is 6.13. The molecule has 0 radical (unpaired) electrons. The first kappa shape index (κ1) is 15.1. The van der Waals surface area contributed by atoms with Crippen LogP contribution in [0.4, 0.5) is 0 Å². The maximum atomic E-state index is 12.9. The van der Waals surface area contributed by atoms with Crippen LogP contribution in [-0.2, 0) is 13.6 Å². The summed E-state index contributed by atoms with van der Waals surface area (Å²) in [6.07, 6.45) is 2.60. The van der Waals surface area contributed by atoms with Gasteiger partial charge in [0, 0.05) is 18.7 Å². The van der Waals surface area contributed by atoms with Crippen molar-refractivity contribution in [3.8, 4) is 5.69 Å². The highest BCUT2D eigenvalue weighted by Gasteiger charge is 2.24. The van der Waals surface area contributed by atoms with Gasteiger partial charge in [-0.25, -0.2) is 4.68 Å². The summed E-state index contributed by atoms with van der Waals surface area (Å²) in [6.45, 7) is 7.59. The van der Waals surface area contributed by atoms with Gasteiger partial charge in [0.15, 0.2) is 0 Å². The van der Waals surface area contributed by atoms with Gasteiger partial charge in [0.25, 0.3) is 5.56 Å². The molecule has 0 spiro atoms. The van der Waals surface area contributed by atoms with Crippen LogP contribution in [-0.4, -0.2) is 22.5 Å². The lowest BCUT2D eigenvalue weighted by Crippen LogP contribution is -3.12. The molecule has 0 bridgehead atoms. The Kier molecular flexibility index (Phi) is 4.21. The first-order valence-corrected chi connectivity index (χ1v) is 8.24. The molecule has 0 amide bonds. The number of nitrogens with zero attached hydrogens (tertiary/aromatic N) is 2. The van der Waals surface area contributed by atoms with Gasteiger partial charge in [-0.15, -0.1) is 0 Å². The van der Waals surface area contributed by atoms with E-state index in [9.17, 15) is 4.79 Å². The zero-order valence-corrected chi connectivity index (χ0v) is 13.8. The van der Waals surface area contributed by atoms with Gasteiger partial charge in [-0.1, -0.05) is 25.1 Å². The third-order valence-corrected chi connectivity index (χ3v) is 4.96. The van der Waals surface area contributed by atoms with Crippen LogP contribution in [0.15, 0.2) is 35.1 Å². The molecule has 1 aliphatic heterocycles. The average molecular weight is 300 g/mol. The van der Waals surface area contributed by atoms with E-state index < -0.39 is 0 Å². The molecule has 1 aromatic carbocycles. The third kappa shape index (κ3) is 2.75. The Hall–Kier alpha value is -1.81. The molecule has 118 valence electrons. The number of likely N-dealkylation sites (tertiary alicyclic amines) is 1. The van der Waals surface area contributed by atoms with Crippen molar-refractivity contribution in [3.05, 3.63) is 51.9 Å². The predicted molar refractivity (Wildman–Crippen MR) is 88.5 cm³/mol. The number of quaternary nitrogens is 1. The molecule has 22 heavy (non-hydrogen) atoms. The first-order chi connectivity index (χ1) is 10.6. The van der Waals surface area contributed by atoms with E-state index in [1.165, 1.54) is 25.9 Å². The fourth-order valence-corrected chi connectivity index (χ4v) is 3.64. The molecule has 0 saturated carbocycles. The quantitative estimate of drug-likeness (QED) is 0.910. The number of para-hydroxylation sites is 1. The Labute approximate surface area is 132 Å². The minimum Gasteiger partial charge on any atom is -0.331 e. The lowest BCUT2D eigenvalue weighted by atomic mass is 10.00. The van der Waals surface area contributed by atoms with E-state index in [0.717, 1.165) is 29.4 Å². The van der Waals surface area contributed by atoms with Crippen molar-refractivity contribution in [1.82, 2.24) is 9.36 Å². The van der Waals surface area contributed by atoms with Crippen LogP contribution in [0.1, 0.15) is 31.0 Å². The molecule has 4 nitrogen and oxygen atoms in total. The molecule has 1 aromatic heterocycles. The molecule has 1 aliphatic rings. The Morgan fingerprint density at radius 1 is 1.27 bits per heavy atom. The number of piperidine rings is 1. The maximum absolute atomic E-state index is 12.9. The van der Waals surface area contributed by atoms with Gasteiger partial charge in [-0.05, 0) is 31.9 Å². The van der Waals surface area contributed by atoms with Gasteiger partial charge < -0.3 is 4.90 Å². The lowest BCUT2D eigenvalue weighted by molar-refractivity contribution is -0.922. The summed E-state index contributed by atoms with van der Waals surface area (Å²) in [4.78, 5) is 14.4. The zero-order chi connectivity index (χ0) is 15.7. The molecule has 2 heterocycles. The van der Waals surface area contributed by atoms with Gasteiger partial charge in [0.1, 0.15) is 6.54 Å². The zero-order valence-electron chi connectivity index (χ0n) is 13.8. The Morgan fingerprint density at radius 3 is 2.68 bits per heavy atom. The van der Waals surface area contributed by atoms with Crippen LogP contribution in [0, 0.1) is 12.8 Å². The van der Waals surface area contributed by atoms with E-state index in [0.29, 0.717) is 0 Å². The molecular formula is C18H26N3O+.